The third-order valence-electron chi connectivity index (χ3n) is 3.39. The minimum atomic E-state index is -0.0165. The van der Waals surface area contributed by atoms with Crippen LogP contribution in [0.15, 0.2) is 24.3 Å². The van der Waals surface area contributed by atoms with Crippen LogP contribution >= 0.6 is 11.8 Å². The lowest BCUT2D eigenvalue weighted by Crippen LogP contribution is -2.43. The van der Waals surface area contributed by atoms with Crippen LogP contribution in [-0.2, 0) is 4.79 Å². The van der Waals surface area contributed by atoms with Gasteiger partial charge in [-0.05, 0) is 31.9 Å². The number of carbonyl (C=O) groups is 1. The molecule has 0 unspecified atom stereocenters. The summed E-state index contributed by atoms with van der Waals surface area (Å²) >= 11 is 1.59. The Morgan fingerprint density at radius 2 is 2.11 bits per heavy atom. The Hall–Kier alpha value is -1.00. The highest BCUT2D eigenvalue weighted by Gasteiger charge is 2.30. The number of rotatable bonds is 4. The highest BCUT2D eigenvalue weighted by atomic mass is 32.2. The molecule has 0 aliphatic carbocycles. The first-order valence-corrected chi connectivity index (χ1v) is 7.70. The maximum Gasteiger partial charge on any atom is 0.240 e. The van der Waals surface area contributed by atoms with Gasteiger partial charge in [0, 0.05) is 17.5 Å². The molecule has 0 spiro atoms. The molecule has 1 heterocycles. The van der Waals surface area contributed by atoms with Crippen molar-refractivity contribution in [2.75, 3.05) is 18.1 Å². The van der Waals surface area contributed by atoms with Crippen molar-refractivity contribution in [1.82, 2.24) is 0 Å². The third-order valence-corrected chi connectivity index (χ3v) is 4.77. The summed E-state index contributed by atoms with van der Waals surface area (Å²) in [6, 6.07) is 8.09. The molecule has 1 saturated heterocycles. The molecular weight excluding hydrogens is 258 g/mol. The monoisotopic (exact) mass is 279 g/mol. The molecule has 3 nitrogen and oxygen atoms in total. The summed E-state index contributed by atoms with van der Waals surface area (Å²) in [6.45, 7) is 4.93. The van der Waals surface area contributed by atoms with Crippen molar-refractivity contribution in [3.8, 4) is 0 Å². The first kappa shape index (κ1) is 14.4. The molecule has 19 heavy (non-hydrogen) atoms. The Kier molecular flexibility index (Phi) is 4.88. The van der Waals surface area contributed by atoms with E-state index in [1.54, 1.807) is 11.8 Å². The van der Waals surface area contributed by atoms with Crippen LogP contribution in [0, 0.1) is 6.92 Å². The van der Waals surface area contributed by atoms with E-state index in [0.29, 0.717) is 0 Å². The number of aliphatic hydroxyl groups excluding tert-OH is 1. The minimum absolute atomic E-state index is 0.0165. The normalized spacial score (nSPS) is 21.5. The number of piperidine rings is 1. The number of amides is 1. The van der Waals surface area contributed by atoms with E-state index in [1.165, 1.54) is 5.56 Å². The van der Waals surface area contributed by atoms with Gasteiger partial charge in [0.05, 0.1) is 11.9 Å². The zero-order valence-electron chi connectivity index (χ0n) is 11.5. The highest BCUT2D eigenvalue weighted by molar-refractivity contribution is 8.01. The number of anilines is 1. The van der Waals surface area contributed by atoms with E-state index in [-0.39, 0.29) is 23.0 Å². The van der Waals surface area contributed by atoms with Crippen molar-refractivity contribution in [1.29, 1.82) is 0 Å². The second-order valence-corrected chi connectivity index (χ2v) is 6.73. The number of hydrogen-bond acceptors (Lipinski definition) is 3. The van der Waals surface area contributed by atoms with E-state index < -0.39 is 0 Å². The molecule has 1 aliphatic heterocycles. The average molecular weight is 279 g/mol. The Morgan fingerprint density at radius 3 is 2.74 bits per heavy atom. The van der Waals surface area contributed by atoms with Crippen molar-refractivity contribution in [3.63, 3.8) is 0 Å². The first-order chi connectivity index (χ1) is 9.11. The number of aryl methyl sites for hydroxylation is 1. The molecule has 1 aromatic rings. The van der Waals surface area contributed by atoms with Crippen LogP contribution in [0.4, 0.5) is 5.69 Å². The van der Waals surface area contributed by atoms with Crippen molar-refractivity contribution in [3.05, 3.63) is 29.8 Å². The van der Waals surface area contributed by atoms with Crippen molar-refractivity contribution in [2.24, 2.45) is 0 Å². The lowest BCUT2D eigenvalue weighted by atomic mass is 10.1. The molecule has 4 heteroatoms. The molecule has 1 fully saturated rings. The number of hydrogen-bond donors (Lipinski definition) is 1. The molecule has 1 amide bonds. The zero-order chi connectivity index (χ0) is 13.8. The van der Waals surface area contributed by atoms with E-state index in [1.807, 2.05) is 43.0 Å². The quantitative estimate of drug-likeness (QED) is 0.921. The van der Waals surface area contributed by atoms with E-state index >= 15 is 0 Å². The van der Waals surface area contributed by atoms with Gasteiger partial charge >= 0.3 is 0 Å². The largest absolute Gasteiger partial charge is 0.395 e. The molecule has 104 valence electrons. The van der Waals surface area contributed by atoms with Crippen LogP contribution in [0.5, 0.6) is 0 Å². The fourth-order valence-electron chi connectivity index (χ4n) is 2.27. The molecule has 0 aromatic heterocycles. The minimum Gasteiger partial charge on any atom is -0.395 e. The Morgan fingerprint density at radius 1 is 1.42 bits per heavy atom. The molecule has 0 radical (unpaired) electrons. The molecule has 1 aliphatic rings. The van der Waals surface area contributed by atoms with Gasteiger partial charge in [0.15, 0.2) is 0 Å². The Bertz CT molecular complexity index is 432. The molecule has 2 atom stereocenters. The van der Waals surface area contributed by atoms with E-state index in [0.717, 1.165) is 25.1 Å². The number of benzene rings is 1. The summed E-state index contributed by atoms with van der Waals surface area (Å²) in [5.74, 6) is 0.181. The van der Waals surface area contributed by atoms with Crippen molar-refractivity contribution < 1.29 is 9.90 Å². The van der Waals surface area contributed by atoms with Gasteiger partial charge in [-0.3, -0.25) is 4.79 Å². The van der Waals surface area contributed by atoms with Crippen LogP contribution in [-0.4, -0.2) is 34.7 Å². The Balaban J connectivity index is 2.09. The van der Waals surface area contributed by atoms with Gasteiger partial charge in [-0.1, -0.05) is 24.6 Å². The predicted molar refractivity (Wildman–Crippen MR) is 80.7 cm³/mol. The van der Waals surface area contributed by atoms with Crippen LogP contribution in [0.2, 0.25) is 0 Å². The first-order valence-electron chi connectivity index (χ1n) is 6.76. The SMILES string of the molecule is Cc1ccc(N2CCC[C@@H](S[C@H](C)CO)C2=O)cc1. The van der Waals surface area contributed by atoms with Gasteiger partial charge in [-0.2, -0.15) is 0 Å². The van der Waals surface area contributed by atoms with Crippen LogP contribution in [0.3, 0.4) is 0 Å². The van der Waals surface area contributed by atoms with E-state index in [2.05, 4.69) is 0 Å². The van der Waals surface area contributed by atoms with Gasteiger partial charge in [-0.25, -0.2) is 0 Å². The molecule has 2 rings (SSSR count). The Labute approximate surface area is 119 Å². The summed E-state index contributed by atoms with van der Waals surface area (Å²) in [6.07, 6.45) is 1.94. The van der Waals surface area contributed by atoms with E-state index in [9.17, 15) is 4.79 Å². The lowest BCUT2D eigenvalue weighted by Gasteiger charge is -2.33. The summed E-state index contributed by atoms with van der Waals surface area (Å²) in [7, 11) is 0. The average Bonchev–Trinajstić information content (AvgIpc) is 2.42. The van der Waals surface area contributed by atoms with Gasteiger partial charge in [0.2, 0.25) is 5.91 Å². The predicted octanol–water partition coefficient (Wildman–Crippen LogP) is 2.60. The van der Waals surface area contributed by atoms with E-state index in [4.69, 9.17) is 5.11 Å². The summed E-state index contributed by atoms with van der Waals surface area (Å²) in [4.78, 5) is 14.4. The smallest absolute Gasteiger partial charge is 0.240 e. The molecule has 1 aromatic carbocycles. The standard InChI is InChI=1S/C15H21NO2S/c1-11-5-7-13(8-6-11)16-9-3-4-14(15(16)18)19-12(2)10-17/h5-8,12,14,17H,3-4,9-10H2,1-2H3/t12-,14-/m1/s1. The van der Waals surface area contributed by atoms with Crippen LogP contribution in [0.1, 0.15) is 25.3 Å². The number of carbonyl (C=O) groups excluding carboxylic acids is 1. The van der Waals surface area contributed by atoms with Crippen molar-refractivity contribution >= 4 is 23.4 Å². The van der Waals surface area contributed by atoms with Gasteiger partial charge in [-0.15, -0.1) is 11.8 Å². The van der Waals surface area contributed by atoms with Gasteiger partial charge in [0.1, 0.15) is 0 Å². The van der Waals surface area contributed by atoms with Gasteiger partial charge < -0.3 is 10.0 Å². The van der Waals surface area contributed by atoms with Crippen molar-refractivity contribution in [2.45, 2.75) is 37.2 Å². The molecule has 1 N–H and O–H groups in total. The van der Waals surface area contributed by atoms with Crippen LogP contribution in [0.25, 0.3) is 0 Å². The number of nitrogens with zero attached hydrogens (tertiary/aromatic N) is 1. The number of aliphatic hydroxyl groups is 1. The fraction of sp³-hybridized carbons (Fsp3) is 0.533. The summed E-state index contributed by atoms with van der Waals surface area (Å²) in [5, 5.41) is 9.22. The second kappa shape index (κ2) is 6.44. The van der Waals surface area contributed by atoms with Crippen LogP contribution < -0.4 is 4.90 Å². The zero-order valence-corrected chi connectivity index (χ0v) is 12.3. The number of thioether (sulfide) groups is 1. The summed E-state index contributed by atoms with van der Waals surface area (Å²) in [5.41, 5.74) is 2.19. The highest BCUT2D eigenvalue weighted by Crippen LogP contribution is 2.30. The second-order valence-electron chi connectivity index (χ2n) is 5.09. The third kappa shape index (κ3) is 3.51. The van der Waals surface area contributed by atoms with Gasteiger partial charge in [0.25, 0.3) is 0 Å². The molecular formula is C15H21NO2S. The maximum absolute atomic E-state index is 12.5. The lowest BCUT2D eigenvalue weighted by molar-refractivity contribution is -0.119. The molecule has 0 bridgehead atoms. The maximum atomic E-state index is 12.5. The topological polar surface area (TPSA) is 40.5 Å². The molecule has 0 saturated carbocycles. The summed E-state index contributed by atoms with van der Waals surface area (Å²) < 4.78 is 0. The fourth-order valence-corrected chi connectivity index (χ4v) is 3.47.